The van der Waals surface area contributed by atoms with Gasteiger partial charge in [-0.05, 0) is 12.6 Å². The maximum Gasteiger partial charge on any atom is 0.280 e. The molecule has 0 bridgehead atoms. The van der Waals surface area contributed by atoms with Gasteiger partial charge in [0.05, 0.1) is 6.61 Å². The van der Waals surface area contributed by atoms with E-state index < -0.39 is 9.74 Å². The van der Waals surface area contributed by atoms with Crippen LogP contribution in [0.1, 0.15) is 6.42 Å². The van der Waals surface area contributed by atoms with Crippen molar-refractivity contribution in [2.75, 3.05) is 12.8 Å². The second kappa shape index (κ2) is 2.29. The molecule has 1 heterocycles. The van der Waals surface area contributed by atoms with Gasteiger partial charge in [-0.25, -0.2) is 0 Å². The van der Waals surface area contributed by atoms with Crippen LogP contribution in [0.2, 0.25) is 0 Å². The highest BCUT2D eigenvalue weighted by Crippen LogP contribution is 2.27. The number of hydrogen-bond donors (Lipinski definition) is 0. The van der Waals surface area contributed by atoms with Crippen LogP contribution in [0.5, 0.6) is 0 Å². The van der Waals surface area contributed by atoms with Gasteiger partial charge in [0, 0.05) is 7.78 Å². The zero-order valence-electron chi connectivity index (χ0n) is 4.25. The van der Waals surface area contributed by atoms with E-state index in [1.165, 1.54) is 0 Å². The first-order chi connectivity index (χ1) is 3.71. The van der Waals surface area contributed by atoms with Crippen molar-refractivity contribution < 1.29 is 12.6 Å². The Hall–Kier alpha value is 0.340. The highest BCUT2D eigenvalue weighted by molar-refractivity contribution is 8.41. The van der Waals surface area contributed by atoms with Crippen LogP contribution in [0.15, 0.2) is 0 Å². The van der Waals surface area contributed by atoms with Crippen LogP contribution in [0.25, 0.3) is 0 Å². The van der Waals surface area contributed by atoms with Gasteiger partial charge < -0.3 is 0 Å². The molecule has 0 aromatic rings. The minimum Gasteiger partial charge on any atom is -0.267 e. The molecule has 0 aromatic heterocycles. The van der Waals surface area contributed by atoms with E-state index in [9.17, 15) is 8.42 Å². The summed E-state index contributed by atoms with van der Waals surface area (Å²) < 4.78 is 25.3. The standard InChI is InChI=1S/C3H7O3PS/c4-8(5)6-2-1-3-7-8/h7H,1-3H2. The molecule has 5 heteroatoms. The summed E-state index contributed by atoms with van der Waals surface area (Å²) in [6.07, 6.45) is 1.67. The van der Waals surface area contributed by atoms with E-state index in [1.807, 2.05) is 0 Å². The molecule has 0 spiro atoms. The fraction of sp³-hybridized carbons (Fsp3) is 1.00. The Labute approximate surface area is 50.1 Å². The Kier molecular flexibility index (Phi) is 1.85. The fourth-order valence-electron chi connectivity index (χ4n) is 0.480. The van der Waals surface area contributed by atoms with Gasteiger partial charge in [-0.15, -0.1) is 0 Å². The lowest BCUT2D eigenvalue weighted by molar-refractivity contribution is 0.324. The maximum atomic E-state index is 10.4. The fourth-order valence-corrected chi connectivity index (χ4v) is 3.12. The van der Waals surface area contributed by atoms with E-state index >= 15 is 0 Å². The van der Waals surface area contributed by atoms with E-state index in [2.05, 4.69) is 4.18 Å². The molecule has 1 rings (SSSR count). The van der Waals surface area contributed by atoms with Gasteiger partial charge in [0.1, 0.15) is 0 Å². The first-order valence-corrected chi connectivity index (χ1v) is 5.69. The number of hydrogen-bond acceptors (Lipinski definition) is 3. The average molecular weight is 154 g/mol. The van der Waals surface area contributed by atoms with Crippen molar-refractivity contribution in [3.8, 4) is 0 Å². The average Bonchev–Trinajstić information content (AvgIpc) is 1.65. The molecule has 0 aromatic carbocycles. The van der Waals surface area contributed by atoms with Crippen molar-refractivity contribution in [2.24, 2.45) is 0 Å². The normalized spacial score (nSPS) is 30.5. The van der Waals surface area contributed by atoms with Crippen LogP contribution in [0.3, 0.4) is 0 Å². The predicted octanol–water partition coefficient (Wildman–Crippen LogP) is 0.330. The molecule has 0 saturated carbocycles. The van der Waals surface area contributed by atoms with E-state index in [-0.39, 0.29) is 7.78 Å². The highest BCUT2D eigenvalue weighted by atomic mass is 32.8. The first kappa shape index (κ1) is 6.46. The third-order valence-electron chi connectivity index (χ3n) is 0.838. The molecule has 1 atom stereocenters. The molecule has 3 nitrogen and oxygen atoms in total. The van der Waals surface area contributed by atoms with E-state index in [1.54, 1.807) is 0 Å². The van der Waals surface area contributed by atoms with Crippen LogP contribution in [0.4, 0.5) is 0 Å². The Morgan fingerprint density at radius 1 is 1.50 bits per heavy atom. The third-order valence-corrected chi connectivity index (χ3v) is 4.25. The van der Waals surface area contributed by atoms with Crippen molar-refractivity contribution in [3.63, 3.8) is 0 Å². The quantitative estimate of drug-likeness (QED) is 0.472. The van der Waals surface area contributed by atoms with Crippen LogP contribution in [0, 0.1) is 0 Å². The summed E-state index contributed by atoms with van der Waals surface area (Å²) in [6, 6.07) is 0. The summed E-state index contributed by atoms with van der Waals surface area (Å²) in [6.45, 7) is 0.384. The molecule has 48 valence electrons. The minimum atomic E-state index is -3.05. The molecular weight excluding hydrogens is 147 g/mol. The largest absolute Gasteiger partial charge is 0.280 e. The summed E-state index contributed by atoms with van der Waals surface area (Å²) in [5, 5.41) is 0. The Morgan fingerprint density at radius 2 is 2.25 bits per heavy atom. The van der Waals surface area contributed by atoms with E-state index in [0.29, 0.717) is 6.61 Å². The first-order valence-electron chi connectivity index (χ1n) is 2.35. The summed E-state index contributed by atoms with van der Waals surface area (Å²) in [4.78, 5) is 0. The summed E-state index contributed by atoms with van der Waals surface area (Å²) in [5.41, 5.74) is 0. The molecule has 0 aliphatic carbocycles. The van der Waals surface area contributed by atoms with Gasteiger partial charge >= 0.3 is 0 Å². The molecule has 1 saturated heterocycles. The molecule has 0 amide bonds. The summed E-state index contributed by atoms with van der Waals surface area (Å²) in [5.74, 6) is 0. The van der Waals surface area contributed by atoms with Gasteiger partial charge in [-0.3, -0.25) is 4.18 Å². The Bertz CT molecular complexity index is 149. The zero-order chi connectivity index (χ0) is 6.04. The smallest absolute Gasteiger partial charge is 0.267 e. The molecular formula is C3H7O3PS. The van der Waals surface area contributed by atoms with Gasteiger partial charge in [-0.2, -0.15) is 8.42 Å². The molecule has 8 heavy (non-hydrogen) atoms. The van der Waals surface area contributed by atoms with Crippen molar-refractivity contribution in [2.45, 2.75) is 6.42 Å². The van der Waals surface area contributed by atoms with Crippen molar-refractivity contribution in [3.05, 3.63) is 0 Å². The van der Waals surface area contributed by atoms with Gasteiger partial charge in [0.2, 0.25) is 0 Å². The zero-order valence-corrected chi connectivity index (χ0v) is 6.07. The van der Waals surface area contributed by atoms with Gasteiger partial charge in [0.25, 0.3) is 9.74 Å². The lowest BCUT2D eigenvalue weighted by Gasteiger charge is -2.09. The van der Waals surface area contributed by atoms with Crippen molar-refractivity contribution in [1.29, 1.82) is 0 Å². The summed E-state index contributed by atoms with van der Waals surface area (Å²) >= 11 is 0. The highest BCUT2D eigenvalue weighted by Gasteiger charge is 2.14. The predicted molar refractivity (Wildman–Crippen MR) is 32.7 cm³/mol. The minimum absolute atomic E-state index is 0.0216. The van der Waals surface area contributed by atoms with Crippen molar-refractivity contribution in [1.82, 2.24) is 0 Å². The lowest BCUT2D eigenvalue weighted by atomic mass is 10.5. The van der Waals surface area contributed by atoms with E-state index in [4.69, 9.17) is 0 Å². The molecule has 1 unspecified atom stereocenters. The monoisotopic (exact) mass is 154 g/mol. The molecule has 0 radical (unpaired) electrons. The second-order valence-corrected chi connectivity index (χ2v) is 5.82. The molecule has 1 aliphatic rings. The second-order valence-electron chi connectivity index (χ2n) is 1.52. The van der Waals surface area contributed by atoms with Gasteiger partial charge in [-0.1, -0.05) is 0 Å². The van der Waals surface area contributed by atoms with Crippen LogP contribution in [-0.4, -0.2) is 21.2 Å². The lowest BCUT2D eigenvalue weighted by Crippen LogP contribution is -2.08. The maximum absolute atomic E-state index is 10.4. The molecule has 1 aliphatic heterocycles. The van der Waals surface area contributed by atoms with Gasteiger partial charge in [0.15, 0.2) is 0 Å². The third kappa shape index (κ3) is 1.69. The van der Waals surface area contributed by atoms with Crippen LogP contribution in [-0.2, 0) is 13.9 Å². The van der Waals surface area contributed by atoms with E-state index in [0.717, 1.165) is 12.6 Å². The van der Waals surface area contributed by atoms with Crippen LogP contribution < -0.4 is 0 Å². The number of rotatable bonds is 0. The summed E-state index contributed by atoms with van der Waals surface area (Å²) in [7, 11) is -3.08. The van der Waals surface area contributed by atoms with Crippen LogP contribution >= 0.6 is 7.78 Å². The Balaban J connectivity index is 2.58. The molecule has 1 fully saturated rings. The van der Waals surface area contributed by atoms with Crippen molar-refractivity contribution >= 4 is 17.5 Å². The topological polar surface area (TPSA) is 43.4 Å². The SMILES string of the molecule is O=S1(=O)OCCCP1. The molecule has 0 N–H and O–H groups in total. The Morgan fingerprint density at radius 3 is 2.50 bits per heavy atom.